The molecule has 2 aliphatic heterocycles. The van der Waals surface area contributed by atoms with E-state index >= 15 is 0 Å². The maximum Gasteiger partial charge on any atom is 0.157 e. The van der Waals surface area contributed by atoms with E-state index in [4.69, 9.17) is 0 Å². The Labute approximate surface area is 175 Å². The smallest absolute Gasteiger partial charge is 0.157 e. The highest BCUT2D eigenvalue weighted by Gasteiger charge is 2.20. The predicted molar refractivity (Wildman–Crippen MR) is 120 cm³/mol. The number of aliphatic imine (C=N–C) groups is 1. The van der Waals surface area contributed by atoms with Crippen LogP contribution >= 0.6 is 0 Å². The quantitative estimate of drug-likeness (QED) is 0.578. The lowest BCUT2D eigenvalue weighted by Crippen LogP contribution is -2.16. The molecule has 2 heterocycles. The molecule has 0 saturated heterocycles. The van der Waals surface area contributed by atoms with Gasteiger partial charge in [-0.25, -0.2) is 0 Å². The first kappa shape index (κ1) is 18.3. The van der Waals surface area contributed by atoms with Crippen LogP contribution in [0.3, 0.4) is 0 Å². The molecule has 5 nitrogen and oxygen atoms in total. The number of benzene rings is 3. The summed E-state index contributed by atoms with van der Waals surface area (Å²) in [6.45, 7) is 3.05. The number of phenols is 2. The van der Waals surface area contributed by atoms with Crippen molar-refractivity contribution in [3.63, 3.8) is 0 Å². The van der Waals surface area contributed by atoms with Crippen molar-refractivity contribution in [2.45, 2.75) is 19.6 Å². The minimum Gasteiger partial charge on any atom is -0.504 e. The molecule has 0 aromatic heterocycles. The number of nitrogens with one attached hydrogen (secondary N) is 1. The molecule has 0 radical (unpaired) electrons. The number of aromatic hydroxyl groups is 2. The molecule has 0 amide bonds. The lowest BCUT2D eigenvalue weighted by Gasteiger charge is -2.22. The Bertz CT molecular complexity index is 1140. The minimum absolute atomic E-state index is 0.106. The average molecular weight is 397 g/mol. The van der Waals surface area contributed by atoms with E-state index in [0.29, 0.717) is 13.1 Å². The van der Waals surface area contributed by atoms with Crippen LogP contribution in [0.4, 0.5) is 5.69 Å². The van der Waals surface area contributed by atoms with Gasteiger partial charge in [0, 0.05) is 43.3 Å². The molecule has 0 fully saturated rings. The molecule has 0 bridgehead atoms. The molecule has 2 aliphatic rings. The average Bonchev–Trinajstić information content (AvgIpc) is 3.20. The number of hydrogen-bond acceptors (Lipinski definition) is 5. The van der Waals surface area contributed by atoms with Crippen LogP contribution in [0.5, 0.6) is 11.5 Å². The Hall–Kier alpha value is -3.73. The van der Waals surface area contributed by atoms with E-state index in [-0.39, 0.29) is 11.5 Å². The molecule has 3 aromatic rings. The highest BCUT2D eigenvalue weighted by atomic mass is 16.3. The van der Waals surface area contributed by atoms with Crippen molar-refractivity contribution in [3.8, 4) is 11.5 Å². The summed E-state index contributed by atoms with van der Waals surface area (Å²) < 4.78 is 0. The Morgan fingerprint density at radius 1 is 0.933 bits per heavy atom. The summed E-state index contributed by atoms with van der Waals surface area (Å²) in [4.78, 5) is 6.89. The van der Waals surface area contributed by atoms with Gasteiger partial charge in [0.2, 0.25) is 0 Å². The first-order valence-corrected chi connectivity index (χ1v) is 10.1. The van der Waals surface area contributed by atoms with Crippen LogP contribution in [0.2, 0.25) is 0 Å². The van der Waals surface area contributed by atoms with Gasteiger partial charge in [-0.2, -0.15) is 0 Å². The molecule has 0 aliphatic carbocycles. The SMILES string of the molecule is Oc1ccc(CNC=C2CN=Cc3ccc(N4Cc5ccccc5C4)cc32)cc1O. The summed E-state index contributed by atoms with van der Waals surface area (Å²) in [6, 6.07) is 20.0. The normalized spacial score (nSPS) is 15.9. The number of fused-ring (bicyclic) bond motifs is 2. The predicted octanol–water partition coefficient (Wildman–Crippen LogP) is 4.18. The standard InChI is InChI=1S/C25H23N3O2/c29-24-8-5-17(9-25(24)30)11-26-13-21-14-27-12-18-6-7-22(10-23(18)21)28-15-19-3-1-2-4-20(19)16-28/h1-10,12-13,26,29-30H,11,14-16H2. The molecular formula is C25H23N3O2. The highest BCUT2D eigenvalue weighted by Crippen LogP contribution is 2.32. The van der Waals surface area contributed by atoms with Crippen molar-refractivity contribution in [1.82, 2.24) is 5.32 Å². The van der Waals surface area contributed by atoms with Crippen molar-refractivity contribution in [2.24, 2.45) is 4.99 Å². The van der Waals surface area contributed by atoms with Gasteiger partial charge in [0.1, 0.15) is 0 Å². The van der Waals surface area contributed by atoms with Crippen LogP contribution in [0, 0.1) is 0 Å². The summed E-state index contributed by atoms with van der Waals surface area (Å²) in [7, 11) is 0. The zero-order valence-corrected chi connectivity index (χ0v) is 16.5. The van der Waals surface area contributed by atoms with Crippen LogP contribution < -0.4 is 10.2 Å². The van der Waals surface area contributed by atoms with Crippen LogP contribution in [-0.4, -0.2) is 23.0 Å². The van der Waals surface area contributed by atoms with Gasteiger partial charge in [0.25, 0.3) is 0 Å². The van der Waals surface area contributed by atoms with Crippen molar-refractivity contribution in [1.29, 1.82) is 0 Å². The molecule has 0 atom stereocenters. The monoisotopic (exact) mass is 397 g/mol. The van der Waals surface area contributed by atoms with Crippen LogP contribution in [0.1, 0.15) is 27.8 Å². The molecule has 5 rings (SSSR count). The van der Waals surface area contributed by atoms with Crippen molar-refractivity contribution < 1.29 is 10.2 Å². The number of rotatable bonds is 4. The van der Waals surface area contributed by atoms with Crippen LogP contribution in [-0.2, 0) is 19.6 Å². The Balaban J connectivity index is 1.35. The van der Waals surface area contributed by atoms with E-state index in [0.717, 1.165) is 29.8 Å². The zero-order valence-electron chi connectivity index (χ0n) is 16.5. The molecular weight excluding hydrogens is 374 g/mol. The van der Waals surface area contributed by atoms with Crippen LogP contribution in [0.15, 0.2) is 71.9 Å². The second-order valence-corrected chi connectivity index (χ2v) is 7.74. The fourth-order valence-electron chi connectivity index (χ4n) is 4.07. The number of nitrogens with zero attached hydrogens (tertiary/aromatic N) is 2. The number of anilines is 1. The third-order valence-electron chi connectivity index (χ3n) is 5.70. The second-order valence-electron chi connectivity index (χ2n) is 7.74. The van der Waals surface area contributed by atoms with Gasteiger partial charge in [0.05, 0.1) is 6.54 Å². The minimum atomic E-state index is -0.107. The fourth-order valence-corrected chi connectivity index (χ4v) is 4.07. The number of hydrogen-bond donors (Lipinski definition) is 3. The Kier molecular flexibility index (Phi) is 4.64. The van der Waals surface area contributed by atoms with Crippen LogP contribution in [0.25, 0.3) is 5.57 Å². The highest BCUT2D eigenvalue weighted by molar-refractivity contribution is 5.93. The van der Waals surface area contributed by atoms with Gasteiger partial charge in [-0.15, -0.1) is 0 Å². The van der Waals surface area contributed by atoms with E-state index in [1.54, 1.807) is 12.1 Å². The first-order valence-electron chi connectivity index (χ1n) is 10.1. The molecule has 5 heteroatoms. The first-order chi connectivity index (χ1) is 14.7. The van der Waals surface area contributed by atoms with E-state index < -0.39 is 0 Å². The van der Waals surface area contributed by atoms with Crippen molar-refractivity contribution in [2.75, 3.05) is 11.4 Å². The van der Waals surface area contributed by atoms with Gasteiger partial charge in [0.15, 0.2) is 11.5 Å². The largest absolute Gasteiger partial charge is 0.504 e. The summed E-state index contributed by atoms with van der Waals surface area (Å²) in [5.41, 5.74) is 8.35. The third kappa shape index (κ3) is 3.50. The molecule has 0 saturated carbocycles. The molecule has 3 N–H and O–H groups in total. The lowest BCUT2D eigenvalue weighted by atomic mass is 9.97. The maximum atomic E-state index is 9.66. The second kappa shape index (κ2) is 7.59. The fraction of sp³-hybridized carbons (Fsp3) is 0.160. The van der Waals surface area contributed by atoms with E-state index in [2.05, 4.69) is 57.7 Å². The molecule has 0 unspecified atom stereocenters. The molecule has 0 spiro atoms. The van der Waals surface area contributed by atoms with E-state index in [9.17, 15) is 10.2 Å². The maximum absolute atomic E-state index is 9.66. The van der Waals surface area contributed by atoms with Crippen molar-refractivity contribution >= 4 is 17.5 Å². The van der Waals surface area contributed by atoms with Gasteiger partial charge in [-0.3, -0.25) is 4.99 Å². The lowest BCUT2D eigenvalue weighted by molar-refractivity contribution is 0.403. The summed E-state index contributed by atoms with van der Waals surface area (Å²) in [5.74, 6) is -0.213. The van der Waals surface area contributed by atoms with E-state index in [1.807, 2.05) is 12.4 Å². The Morgan fingerprint density at radius 2 is 1.73 bits per heavy atom. The summed E-state index contributed by atoms with van der Waals surface area (Å²) >= 11 is 0. The summed E-state index contributed by atoms with van der Waals surface area (Å²) in [6.07, 6.45) is 3.94. The topological polar surface area (TPSA) is 68.1 Å². The summed E-state index contributed by atoms with van der Waals surface area (Å²) in [5, 5.41) is 22.4. The molecule has 150 valence electrons. The van der Waals surface area contributed by atoms with Crippen molar-refractivity contribution in [3.05, 3.63) is 94.7 Å². The molecule has 30 heavy (non-hydrogen) atoms. The van der Waals surface area contributed by atoms with Gasteiger partial charge in [-0.1, -0.05) is 36.4 Å². The third-order valence-corrected chi connectivity index (χ3v) is 5.70. The Morgan fingerprint density at radius 3 is 2.50 bits per heavy atom. The van der Waals surface area contributed by atoms with Gasteiger partial charge >= 0.3 is 0 Å². The van der Waals surface area contributed by atoms with E-state index in [1.165, 1.54) is 28.4 Å². The molecule has 3 aromatic carbocycles. The van der Waals surface area contributed by atoms with Gasteiger partial charge in [-0.05, 0) is 52.1 Å². The van der Waals surface area contributed by atoms with Gasteiger partial charge < -0.3 is 20.4 Å². The zero-order chi connectivity index (χ0) is 20.5. The number of phenolic OH excluding ortho intramolecular Hbond substituents is 2.